The van der Waals surface area contributed by atoms with Crippen molar-refractivity contribution in [1.82, 2.24) is 9.97 Å². The molecule has 18 heavy (non-hydrogen) atoms. The van der Waals surface area contributed by atoms with Crippen LogP contribution in [0.25, 0.3) is 0 Å². The number of pyridine rings is 1. The van der Waals surface area contributed by atoms with Crippen LogP contribution in [0.4, 0.5) is 18.3 Å². The van der Waals surface area contributed by atoms with Crippen LogP contribution >= 0.6 is 11.3 Å². The molecule has 0 saturated heterocycles. The van der Waals surface area contributed by atoms with Crippen molar-refractivity contribution in [1.29, 1.82) is 0 Å². The monoisotopic (exact) mass is 273 g/mol. The third-order valence-corrected chi connectivity index (χ3v) is 3.31. The van der Waals surface area contributed by atoms with E-state index in [2.05, 4.69) is 15.3 Å². The molecule has 0 aliphatic rings. The first-order chi connectivity index (χ1) is 8.47. The minimum atomic E-state index is -4.33. The van der Waals surface area contributed by atoms with Gasteiger partial charge in [0.2, 0.25) is 0 Å². The van der Waals surface area contributed by atoms with Crippen molar-refractivity contribution in [3.05, 3.63) is 40.7 Å². The molecule has 1 N–H and O–H groups in total. The van der Waals surface area contributed by atoms with Gasteiger partial charge in [-0.25, -0.2) is 4.98 Å². The van der Waals surface area contributed by atoms with E-state index >= 15 is 0 Å². The van der Waals surface area contributed by atoms with Gasteiger partial charge in [0.25, 0.3) is 0 Å². The van der Waals surface area contributed by atoms with Gasteiger partial charge in [-0.3, -0.25) is 4.98 Å². The summed E-state index contributed by atoms with van der Waals surface area (Å²) in [6, 6.07) is 3.71. The average Bonchev–Trinajstić information content (AvgIpc) is 2.76. The summed E-state index contributed by atoms with van der Waals surface area (Å²) < 4.78 is 37.1. The van der Waals surface area contributed by atoms with Crippen LogP contribution in [0.3, 0.4) is 0 Å². The Morgan fingerprint density at radius 2 is 2.11 bits per heavy atom. The molecular formula is C11H10F3N3S. The lowest BCUT2D eigenvalue weighted by Crippen LogP contribution is -2.03. The van der Waals surface area contributed by atoms with Crippen molar-refractivity contribution >= 4 is 16.5 Å². The number of hydrogen-bond acceptors (Lipinski definition) is 4. The number of aromatic nitrogens is 2. The zero-order chi connectivity index (χ0) is 13.2. The Balaban J connectivity index is 2.03. The zero-order valence-electron chi connectivity index (χ0n) is 9.45. The molecular weight excluding hydrogens is 263 g/mol. The molecule has 0 aliphatic heterocycles. The van der Waals surface area contributed by atoms with Crippen molar-refractivity contribution in [2.24, 2.45) is 0 Å². The van der Waals surface area contributed by atoms with Gasteiger partial charge >= 0.3 is 6.18 Å². The number of rotatable bonds is 3. The number of anilines is 1. The van der Waals surface area contributed by atoms with E-state index in [0.29, 0.717) is 17.9 Å². The number of hydrogen-bond donors (Lipinski definition) is 1. The van der Waals surface area contributed by atoms with E-state index in [1.165, 1.54) is 0 Å². The second-order valence-corrected chi connectivity index (χ2v) is 4.68. The highest BCUT2D eigenvalue weighted by Gasteiger charge is 2.33. The van der Waals surface area contributed by atoms with Gasteiger partial charge in [-0.2, -0.15) is 13.2 Å². The summed E-state index contributed by atoms with van der Waals surface area (Å²) in [7, 11) is 0. The van der Waals surface area contributed by atoms with Crippen molar-refractivity contribution in [3.63, 3.8) is 0 Å². The van der Waals surface area contributed by atoms with E-state index < -0.39 is 11.1 Å². The molecule has 0 amide bonds. The molecule has 2 rings (SSSR count). The molecule has 2 heterocycles. The van der Waals surface area contributed by atoms with Gasteiger partial charge in [0.15, 0.2) is 5.13 Å². The van der Waals surface area contributed by atoms with Gasteiger partial charge in [0, 0.05) is 6.20 Å². The van der Waals surface area contributed by atoms with Gasteiger partial charge in [0.1, 0.15) is 4.88 Å². The van der Waals surface area contributed by atoms with Crippen molar-refractivity contribution in [2.45, 2.75) is 19.6 Å². The Labute approximate surface area is 106 Å². The molecule has 3 nitrogen and oxygen atoms in total. The van der Waals surface area contributed by atoms with Crippen LogP contribution in [0, 0.1) is 6.92 Å². The third-order valence-electron chi connectivity index (χ3n) is 2.31. The van der Waals surface area contributed by atoms with Crippen LogP contribution in [-0.4, -0.2) is 9.97 Å². The minimum absolute atomic E-state index is 0.243. The molecule has 0 bridgehead atoms. The summed E-state index contributed by atoms with van der Waals surface area (Å²) in [6.45, 7) is 2.25. The molecule has 0 radical (unpaired) electrons. The maximum Gasteiger partial charge on any atom is 0.427 e. The summed E-state index contributed by atoms with van der Waals surface area (Å²) in [5, 5.41) is 3.08. The molecule has 0 unspecified atom stereocenters. The number of halogens is 3. The van der Waals surface area contributed by atoms with E-state index in [1.807, 2.05) is 19.1 Å². The molecule has 0 atom stereocenters. The first kappa shape index (κ1) is 12.8. The van der Waals surface area contributed by atoms with E-state index in [0.717, 1.165) is 17.5 Å². The molecule has 0 fully saturated rings. The summed E-state index contributed by atoms with van der Waals surface area (Å²) >= 11 is 0.590. The fraction of sp³-hybridized carbons (Fsp3) is 0.273. The second kappa shape index (κ2) is 4.93. The fourth-order valence-corrected chi connectivity index (χ4v) is 2.03. The SMILES string of the molecule is Cc1cccnc1CNc1ncc(C(F)(F)F)s1. The fourth-order valence-electron chi connectivity index (χ4n) is 1.35. The molecule has 2 aromatic heterocycles. The van der Waals surface area contributed by atoms with E-state index in [1.54, 1.807) is 6.20 Å². The normalized spacial score (nSPS) is 11.6. The van der Waals surface area contributed by atoms with Crippen molar-refractivity contribution < 1.29 is 13.2 Å². The Morgan fingerprint density at radius 1 is 1.33 bits per heavy atom. The smallest absolute Gasteiger partial charge is 0.356 e. The summed E-state index contributed by atoms with van der Waals surface area (Å²) in [5.41, 5.74) is 1.78. The summed E-state index contributed by atoms with van der Waals surface area (Å²) in [5.74, 6) is 0. The Bertz CT molecular complexity index is 536. The number of nitrogens with one attached hydrogen (secondary N) is 1. The van der Waals surface area contributed by atoms with Gasteiger partial charge in [-0.15, -0.1) is 0 Å². The first-order valence-corrected chi connectivity index (χ1v) is 5.96. The highest BCUT2D eigenvalue weighted by atomic mass is 32.1. The first-order valence-electron chi connectivity index (χ1n) is 5.14. The Hall–Kier alpha value is -1.63. The molecule has 7 heteroatoms. The standard InChI is InChI=1S/C11H10F3N3S/c1-7-3-2-4-15-8(7)5-16-10-17-6-9(18-10)11(12,13)14/h2-4,6H,5H2,1H3,(H,16,17). The lowest BCUT2D eigenvalue weighted by Gasteiger charge is -2.04. The number of aryl methyl sites for hydroxylation is 1. The number of thiazole rings is 1. The minimum Gasteiger partial charge on any atom is -0.356 e. The van der Waals surface area contributed by atoms with Gasteiger partial charge in [-0.05, 0) is 18.6 Å². The third kappa shape index (κ3) is 2.98. The van der Waals surface area contributed by atoms with Crippen LogP contribution < -0.4 is 5.32 Å². The number of alkyl halides is 3. The molecule has 0 aromatic carbocycles. The average molecular weight is 273 g/mol. The molecule has 0 spiro atoms. The van der Waals surface area contributed by atoms with Crippen LogP contribution in [-0.2, 0) is 12.7 Å². The van der Waals surface area contributed by atoms with Crippen molar-refractivity contribution in [2.75, 3.05) is 5.32 Å². The molecule has 0 aliphatic carbocycles. The van der Waals surface area contributed by atoms with Gasteiger partial charge < -0.3 is 5.32 Å². The Morgan fingerprint density at radius 3 is 2.72 bits per heavy atom. The van der Waals surface area contributed by atoms with Crippen LogP contribution in [0.1, 0.15) is 16.1 Å². The maximum absolute atomic E-state index is 12.4. The lowest BCUT2D eigenvalue weighted by molar-refractivity contribution is -0.134. The molecule has 2 aromatic rings. The summed E-state index contributed by atoms with van der Waals surface area (Å²) in [4.78, 5) is 7.12. The van der Waals surface area contributed by atoms with Crippen molar-refractivity contribution in [3.8, 4) is 0 Å². The second-order valence-electron chi connectivity index (χ2n) is 3.65. The highest BCUT2D eigenvalue weighted by Crippen LogP contribution is 2.35. The van der Waals surface area contributed by atoms with E-state index in [9.17, 15) is 13.2 Å². The molecule has 96 valence electrons. The van der Waals surface area contributed by atoms with Gasteiger partial charge in [-0.1, -0.05) is 17.4 Å². The number of nitrogens with zero attached hydrogens (tertiary/aromatic N) is 2. The van der Waals surface area contributed by atoms with Crippen LogP contribution in [0.2, 0.25) is 0 Å². The zero-order valence-corrected chi connectivity index (χ0v) is 10.3. The Kier molecular flexibility index (Phi) is 3.51. The maximum atomic E-state index is 12.4. The van der Waals surface area contributed by atoms with Gasteiger partial charge in [0.05, 0.1) is 18.4 Å². The highest BCUT2D eigenvalue weighted by molar-refractivity contribution is 7.15. The van der Waals surface area contributed by atoms with Crippen LogP contribution in [0.15, 0.2) is 24.5 Å². The summed E-state index contributed by atoms with van der Waals surface area (Å²) in [6.07, 6.45) is -1.86. The lowest BCUT2D eigenvalue weighted by atomic mass is 10.2. The molecule has 0 saturated carbocycles. The largest absolute Gasteiger partial charge is 0.427 e. The quantitative estimate of drug-likeness (QED) is 0.930. The topological polar surface area (TPSA) is 37.8 Å². The predicted molar refractivity (Wildman–Crippen MR) is 63.4 cm³/mol. The predicted octanol–water partition coefficient (Wildman–Crippen LogP) is 3.48. The van der Waals surface area contributed by atoms with Crippen LogP contribution in [0.5, 0.6) is 0 Å². The van der Waals surface area contributed by atoms with E-state index in [4.69, 9.17) is 0 Å². The van der Waals surface area contributed by atoms with E-state index in [-0.39, 0.29) is 5.13 Å².